The maximum Gasteiger partial charge on any atom is 0.240 e. The Kier molecular flexibility index (Phi) is 4.20. The second-order valence-corrected chi connectivity index (χ2v) is 6.89. The summed E-state index contributed by atoms with van der Waals surface area (Å²) in [5, 5.41) is 8.53. The summed E-state index contributed by atoms with van der Waals surface area (Å²) in [4.78, 5) is 13.3. The highest BCUT2D eigenvalue weighted by Gasteiger charge is 2.13. The topological polar surface area (TPSA) is 99.8 Å². The lowest BCUT2D eigenvalue weighted by atomic mass is 10.1. The van der Waals surface area contributed by atoms with Crippen molar-refractivity contribution in [2.75, 3.05) is 5.73 Å². The van der Waals surface area contributed by atoms with Crippen LogP contribution in [0.3, 0.4) is 0 Å². The van der Waals surface area contributed by atoms with Gasteiger partial charge in [0, 0.05) is 24.2 Å². The van der Waals surface area contributed by atoms with Gasteiger partial charge in [-0.1, -0.05) is 12.1 Å². The van der Waals surface area contributed by atoms with Crippen LogP contribution in [0.4, 0.5) is 10.3 Å². The number of benzene rings is 1. The van der Waals surface area contributed by atoms with E-state index in [2.05, 4.69) is 25.1 Å². The predicted octanol–water partition coefficient (Wildman–Crippen LogP) is 3.38. The molecule has 0 saturated heterocycles. The fourth-order valence-electron chi connectivity index (χ4n) is 3.28. The Hall–Kier alpha value is -4.14. The van der Waals surface area contributed by atoms with Crippen molar-refractivity contribution >= 4 is 11.6 Å². The van der Waals surface area contributed by atoms with Crippen molar-refractivity contribution in [2.45, 2.75) is 13.0 Å². The molecule has 5 aromatic rings. The molecule has 0 bridgehead atoms. The third kappa shape index (κ3) is 3.26. The molecule has 1 atom stereocenters. The van der Waals surface area contributed by atoms with Crippen LogP contribution in [0.2, 0.25) is 0 Å². The molecule has 4 aromatic heterocycles. The molecule has 1 unspecified atom stereocenters. The fourth-order valence-corrected chi connectivity index (χ4v) is 3.28. The summed E-state index contributed by atoms with van der Waals surface area (Å²) in [6.07, 6.45) is 7.11. The molecule has 8 nitrogen and oxygen atoms in total. The Bertz CT molecular complexity index is 1340. The van der Waals surface area contributed by atoms with Crippen LogP contribution in [0.5, 0.6) is 0 Å². The molecule has 5 rings (SSSR count). The zero-order chi connectivity index (χ0) is 20.7. The van der Waals surface area contributed by atoms with Gasteiger partial charge in [-0.15, -0.1) is 5.10 Å². The predicted molar refractivity (Wildman–Crippen MR) is 110 cm³/mol. The third-order valence-electron chi connectivity index (χ3n) is 4.91. The lowest BCUT2D eigenvalue weighted by Crippen LogP contribution is -2.07. The van der Waals surface area contributed by atoms with E-state index in [9.17, 15) is 4.39 Å². The number of nitrogens with zero attached hydrogens (tertiary/aromatic N) is 7. The summed E-state index contributed by atoms with van der Waals surface area (Å²) < 4.78 is 16.6. The summed E-state index contributed by atoms with van der Waals surface area (Å²) >= 11 is 0. The third-order valence-corrected chi connectivity index (χ3v) is 4.91. The summed E-state index contributed by atoms with van der Waals surface area (Å²) in [5.41, 5.74) is 9.69. The molecule has 0 radical (unpaired) electrons. The van der Waals surface area contributed by atoms with Crippen LogP contribution < -0.4 is 5.73 Å². The van der Waals surface area contributed by atoms with Crippen molar-refractivity contribution in [3.05, 3.63) is 78.6 Å². The minimum Gasteiger partial charge on any atom is -0.366 e. The molecule has 0 aliphatic rings. The number of pyridine rings is 1. The standard InChI is InChI=1S/C21H17FN8/c1-13(14-2-4-17(22)5-3-14)30-12-16(11-25-30)20-24-8-6-18(26-20)15-7-9-29-19(10-15)27-21(23)28-29/h2-13H,1H3,(H2,23,28). The second-order valence-electron chi connectivity index (χ2n) is 6.89. The van der Waals surface area contributed by atoms with E-state index >= 15 is 0 Å². The van der Waals surface area contributed by atoms with E-state index in [4.69, 9.17) is 5.73 Å². The van der Waals surface area contributed by atoms with E-state index in [0.29, 0.717) is 11.5 Å². The number of rotatable bonds is 4. The van der Waals surface area contributed by atoms with Crippen LogP contribution in [-0.2, 0) is 0 Å². The number of fused-ring (bicyclic) bond motifs is 1. The maximum atomic E-state index is 13.2. The van der Waals surface area contributed by atoms with Crippen LogP contribution in [0.1, 0.15) is 18.5 Å². The Labute approximate surface area is 170 Å². The second kappa shape index (κ2) is 7.03. The molecular formula is C21H17FN8. The molecule has 0 fully saturated rings. The minimum absolute atomic E-state index is 0.0525. The largest absolute Gasteiger partial charge is 0.366 e. The summed E-state index contributed by atoms with van der Waals surface area (Å²) in [5.74, 6) is 0.522. The number of anilines is 1. The van der Waals surface area contributed by atoms with E-state index in [1.54, 1.807) is 35.2 Å². The van der Waals surface area contributed by atoms with Gasteiger partial charge in [0.15, 0.2) is 11.5 Å². The van der Waals surface area contributed by atoms with Crippen molar-refractivity contribution in [3.63, 3.8) is 0 Å². The number of nitrogen functional groups attached to an aromatic ring is 1. The number of hydrogen-bond donors (Lipinski definition) is 1. The average Bonchev–Trinajstić information content (AvgIpc) is 3.39. The minimum atomic E-state index is -0.260. The highest BCUT2D eigenvalue weighted by molar-refractivity contribution is 5.66. The van der Waals surface area contributed by atoms with Gasteiger partial charge in [0.25, 0.3) is 0 Å². The smallest absolute Gasteiger partial charge is 0.240 e. The molecule has 148 valence electrons. The lowest BCUT2D eigenvalue weighted by molar-refractivity contribution is 0.561. The van der Waals surface area contributed by atoms with Crippen molar-refractivity contribution in [1.82, 2.24) is 34.3 Å². The Balaban J connectivity index is 1.46. The molecule has 0 aliphatic heterocycles. The number of hydrogen-bond acceptors (Lipinski definition) is 6. The maximum absolute atomic E-state index is 13.2. The molecular weight excluding hydrogens is 383 g/mol. The van der Waals surface area contributed by atoms with Crippen LogP contribution in [0.25, 0.3) is 28.3 Å². The first-order valence-electron chi connectivity index (χ1n) is 9.32. The summed E-state index contributed by atoms with van der Waals surface area (Å²) in [7, 11) is 0. The van der Waals surface area contributed by atoms with Gasteiger partial charge in [-0.2, -0.15) is 10.1 Å². The van der Waals surface area contributed by atoms with Crippen LogP contribution in [0.15, 0.2) is 67.3 Å². The van der Waals surface area contributed by atoms with E-state index in [1.807, 2.05) is 36.0 Å². The average molecular weight is 400 g/mol. The number of nitrogens with two attached hydrogens (primary N) is 1. The molecule has 0 spiro atoms. The molecule has 0 aliphatic carbocycles. The molecule has 4 heterocycles. The molecule has 2 N–H and O–H groups in total. The summed E-state index contributed by atoms with van der Waals surface area (Å²) in [6.45, 7) is 2.00. The van der Waals surface area contributed by atoms with Gasteiger partial charge in [-0.05, 0) is 42.8 Å². The van der Waals surface area contributed by atoms with Crippen LogP contribution in [0, 0.1) is 5.82 Å². The first kappa shape index (κ1) is 17.9. The summed E-state index contributed by atoms with van der Waals surface area (Å²) in [6, 6.07) is 12.0. The van der Waals surface area contributed by atoms with Gasteiger partial charge in [0.05, 0.1) is 23.5 Å². The van der Waals surface area contributed by atoms with Crippen LogP contribution >= 0.6 is 0 Å². The Morgan fingerprint density at radius 2 is 1.87 bits per heavy atom. The first-order valence-corrected chi connectivity index (χ1v) is 9.32. The van der Waals surface area contributed by atoms with Crippen molar-refractivity contribution in [1.29, 1.82) is 0 Å². The molecule has 30 heavy (non-hydrogen) atoms. The van der Waals surface area contributed by atoms with Crippen LogP contribution in [-0.4, -0.2) is 34.3 Å². The number of aromatic nitrogens is 7. The van der Waals surface area contributed by atoms with Gasteiger partial charge in [-0.25, -0.2) is 18.9 Å². The SMILES string of the molecule is CC(c1ccc(F)cc1)n1cc(-c2nccc(-c3ccn4nc(N)nc4c3)n2)cn1. The fraction of sp³-hybridized carbons (Fsp3) is 0.0952. The van der Waals surface area contributed by atoms with Gasteiger partial charge >= 0.3 is 0 Å². The Morgan fingerprint density at radius 1 is 1.03 bits per heavy atom. The van der Waals surface area contributed by atoms with Gasteiger partial charge in [0.1, 0.15) is 5.82 Å². The zero-order valence-electron chi connectivity index (χ0n) is 16.0. The number of halogens is 1. The van der Waals surface area contributed by atoms with Crippen molar-refractivity contribution < 1.29 is 4.39 Å². The molecule has 0 amide bonds. The molecule has 0 saturated carbocycles. The normalized spacial score (nSPS) is 12.3. The van der Waals surface area contributed by atoms with E-state index in [-0.39, 0.29) is 17.8 Å². The Morgan fingerprint density at radius 3 is 2.70 bits per heavy atom. The monoisotopic (exact) mass is 400 g/mol. The van der Waals surface area contributed by atoms with E-state index in [0.717, 1.165) is 22.4 Å². The van der Waals surface area contributed by atoms with Gasteiger partial charge in [-0.3, -0.25) is 4.68 Å². The highest BCUT2D eigenvalue weighted by Crippen LogP contribution is 2.24. The van der Waals surface area contributed by atoms with Crippen molar-refractivity contribution in [3.8, 4) is 22.6 Å². The van der Waals surface area contributed by atoms with Gasteiger partial charge in [0.2, 0.25) is 5.95 Å². The molecule has 1 aromatic carbocycles. The highest BCUT2D eigenvalue weighted by atomic mass is 19.1. The van der Waals surface area contributed by atoms with E-state index < -0.39 is 0 Å². The zero-order valence-corrected chi connectivity index (χ0v) is 16.0. The first-order chi connectivity index (χ1) is 14.6. The quantitative estimate of drug-likeness (QED) is 0.496. The van der Waals surface area contributed by atoms with Gasteiger partial charge < -0.3 is 5.73 Å². The molecule has 9 heteroatoms. The van der Waals surface area contributed by atoms with E-state index in [1.165, 1.54) is 12.1 Å². The van der Waals surface area contributed by atoms with Crippen molar-refractivity contribution in [2.24, 2.45) is 0 Å². The lowest BCUT2D eigenvalue weighted by Gasteiger charge is -2.12.